The lowest BCUT2D eigenvalue weighted by molar-refractivity contribution is -0.135. The van der Waals surface area contributed by atoms with Crippen LogP contribution in [0.3, 0.4) is 0 Å². The molecule has 1 aromatic rings. The van der Waals surface area contributed by atoms with Crippen LogP contribution in [-0.4, -0.2) is 24.2 Å². The molecule has 1 fully saturated rings. The number of benzene rings is 1. The second-order valence-electron chi connectivity index (χ2n) is 4.52. The van der Waals surface area contributed by atoms with Gasteiger partial charge in [0.25, 0.3) is 0 Å². The molecule has 1 aromatic carbocycles. The van der Waals surface area contributed by atoms with Gasteiger partial charge < -0.3 is 10.0 Å². The summed E-state index contributed by atoms with van der Waals surface area (Å²) >= 11 is 5.82. The average molecular weight is 254 g/mol. The van der Waals surface area contributed by atoms with Crippen LogP contribution in [0.25, 0.3) is 0 Å². The molecule has 2 rings (SSSR count). The molecule has 92 valence electrons. The normalized spacial score (nSPS) is 14.6. The number of anilines is 1. The predicted octanol–water partition coefficient (Wildman–Crippen LogP) is 3.03. The van der Waals surface area contributed by atoms with Gasteiger partial charge in [-0.05, 0) is 36.6 Å². The van der Waals surface area contributed by atoms with Crippen LogP contribution < -0.4 is 4.90 Å². The van der Waals surface area contributed by atoms with E-state index >= 15 is 0 Å². The summed E-state index contributed by atoms with van der Waals surface area (Å²) in [4.78, 5) is 12.7. The molecule has 1 aliphatic rings. The van der Waals surface area contributed by atoms with Gasteiger partial charge in [0.15, 0.2) is 0 Å². The van der Waals surface area contributed by atoms with Crippen molar-refractivity contribution < 1.29 is 9.90 Å². The molecular formula is C13H16ClNO2. The Balaban J connectivity index is 2.01. The van der Waals surface area contributed by atoms with Crippen LogP contribution in [0.4, 0.5) is 5.69 Å². The minimum Gasteiger partial charge on any atom is -0.480 e. The number of halogens is 1. The van der Waals surface area contributed by atoms with E-state index in [0.717, 1.165) is 24.6 Å². The summed E-state index contributed by atoms with van der Waals surface area (Å²) in [6.07, 6.45) is 3.67. The van der Waals surface area contributed by atoms with Gasteiger partial charge in [-0.25, -0.2) is 0 Å². The summed E-state index contributed by atoms with van der Waals surface area (Å²) in [6.45, 7) is 0.854. The number of carboxylic acids is 1. The molecular weight excluding hydrogens is 238 g/mol. The Hall–Kier alpha value is -1.22. The maximum absolute atomic E-state index is 10.8. The monoisotopic (exact) mass is 253 g/mol. The molecule has 4 heteroatoms. The predicted molar refractivity (Wildman–Crippen MR) is 68.6 cm³/mol. The highest BCUT2D eigenvalue weighted by molar-refractivity contribution is 6.30. The van der Waals surface area contributed by atoms with Crippen molar-refractivity contribution in [3.05, 3.63) is 29.3 Å². The van der Waals surface area contributed by atoms with Crippen molar-refractivity contribution in [1.82, 2.24) is 0 Å². The van der Waals surface area contributed by atoms with E-state index in [4.69, 9.17) is 16.7 Å². The van der Waals surface area contributed by atoms with Gasteiger partial charge >= 0.3 is 5.97 Å². The van der Waals surface area contributed by atoms with Crippen LogP contribution in [-0.2, 0) is 4.79 Å². The van der Waals surface area contributed by atoms with Gasteiger partial charge in [-0.2, -0.15) is 0 Å². The number of carbonyl (C=O) groups is 1. The van der Waals surface area contributed by atoms with Gasteiger partial charge in [-0.15, -0.1) is 0 Å². The Kier molecular flexibility index (Phi) is 3.89. The number of hydrogen-bond acceptors (Lipinski definition) is 2. The first-order chi connectivity index (χ1) is 8.15. The van der Waals surface area contributed by atoms with E-state index in [-0.39, 0.29) is 6.54 Å². The Bertz CT molecular complexity index is 387. The summed E-state index contributed by atoms with van der Waals surface area (Å²) < 4.78 is 0. The summed E-state index contributed by atoms with van der Waals surface area (Å²) in [5.74, 6) is 0.00865. The number of nitrogens with zero attached hydrogens (tertiary/aromatic N) is 1. The van der Waals surface area contributed by atoms with Crippen LogP contribution in [0.15, 0.2) is 24.3 Å². The van der Waals surface area contributed by atoms with Crippen molar-refractivity contribution in [1.29, 1.82) is 0 Å². The first-order valence-corrected chi connectivity index (χ1v) is 6.25. The van der Waals surface area contributed by atoms with Crippen molar-refractivity contribution in [2.75, 3.05) is 18.0 Å². The lowest BCUT2D eigenvalue weighted by atomic mass is 10.2. The van der Waals surface area contributed by atoms with Crippen molar-refractivity contribution in [3.8, 4) is 0 Å². The second kappa shape index (κ2) is 5.41. The molecule has 3 nitrogen and oxygen atoms in total. The molecule has 0 aliphatic heterocycles. The molecule has 0 heterocycles. The standard InChI is InChI=1S/C13H16ClNO2/c14-11-3-5-12(6-4-11)15(9-13(16)17)8-7-10-1-2-10/h3-6,10H,1-2,7-9H2,(H,16,17). The maximum Gasteiger partial charge on any atom is 0.323 e. The maximum atomic E-state index is 10.8. The quantitative estimate of drug-likeness (QED) is 0.847. The number of hydrogen-bond donors (Lipinski definition) is 1. The van der Waals surface area contributed by atoms with Crippen molar-refractivity contribution in [2.24, 2.45) is 5.92 Å². The van der Waals surface area contributed by atoms with Gasteiger partial charge in [0, 0.05) is 17.3 Å². The molecule has 0 unspecified atom stereocenters. The number of rotatable bonds is 6. The topological polar surface area (TPSA) is 40.5 Å². The van der Waals surface area contributed by atoms with Crippen molar-refractivity contribution in [2.45, 2.75) is 19.3 Å². The smallest absolute Gasteiger partial charge is 0.323 e. The molecule has 0 spiro atoms. The first kappa shape index (κ1) is 12.2. The van der Waals surface area contributed by atoms with Crippen molar-refractivity contribution in [3.63, 3.8) is 0 Å². The molecule has 0 aromatic heterocycles. The minimum atomic E-state index is -0.796. The Labute approximate surface area is 106 Å². The zero-order valence-electron chi connectivity index (χ0n) is 9.60. The van der Waals surface area contributed by atoms with Crippen LogP contribution in [0.1, 0.15) is 19.3 Å². The van der Waals surface area contributed by atoms with E-state index in [1.165, 1.54) is 12.8 Å². The molecule has 0 saturated heterocycles. The van der Waals surface area contributed by atoms with E-state index in [1.54, 1.807) is 12.1 Å². The molecule has 0 bridgehead atoms. The van der Waals surface area contributed by atoms with Crippen LogP contribution in [0.2, 0.25) is 5.02 Å². The third-order valence-corrected chi connectivity index (χ3v) is 3.27. The lowest BCUT2D eigenvalue weighted by Gasteiger charge is -2.22. The van der Waals surface area contributed by atoms with Crippen LogP contribution >= 0.6 is 11.6 Å². The third-order valence-electron chi connectivity index (χ3n) is 3.02. The molecule has 1 N–H and O–H groups in total. The highest BCUT2D eigenvalue weighted by Gasteiger charge is 2.22. The summed E-state index contributed by atoms with van der Waals surface area (Å²) in [5.41, 5.74) is 0.928. The molecule has 1 saturated carbocycles. The van der Waals surface area contributed by atoms with Gasteiger partial charge in [-0.1, -0.05) is 24.4 Å². The summed E-state index contributed by atoms with van der Waals surface area (Å²) in [5, 5.41) is 9.59. The van der Waals surface area contributed by atoms with Gasteiger partial charge in [0.1, 0.15) is 6.54 Å². The van der Waals surface area contributed by atoms with Crippen molar-refractivity contribution >= 4 is 23.3 Å². The first-order valence-electron chi connectivity index (χ1n) is 5.87. The van der Waals surface area contributed by atoms with Crippen LogP contribution in [0.5, 0.6) is 0 Å². The SMILES string of the molecule is O=C(O)CN(CCC1CC1)c1ccc(Cl)cc1. The van der Waals surface area contributed by atoms with E-state index < -0.39 is 5.97 Å². The van der Waals surface area contributed by atoms with Gasteiger partial charge in [0.2, 0.25) is 0 Å². The zero-order chi connectivity index (χ0) is 12.3. The van der Waals surface area contributed by atoms with Gasteiger partial charge in [0.05, 0.1) is 0 Å². The van der Waals surface area contributed by atoms with E-state index in [2.05, 4.69) is 0 Å². The Morgan fingerprint density at radius 3 is 2.53 bits per heavy atom. The van der Waals surface area contributed by atoms with E-state index in [0.29, 0.717) is 5.02 Å². The van der Waals surface area contributed by atoms with E-state index in [9.17, 15) is 4.79 Å². The number of carboxylic acid groups (broad SMARTS) is 1. The van der Waals surface area contributed by atoms with Crippen LogP contribution in [0, 0.1) is 5.92 Å². The average Bonchev–Trinajstić information content (AvgIpc) is 3.09. The molecule has 0 amide bonds. The molecule has 17 heavy (non-hydrogen) atoms. The summed E-state index contributed by atoms with van der Waals surface area (Å²) in [6, 6.07) is 7.34. The second-order valence-corrected chi connectivity index (χ2v) is 4.96. The minimum absolute atomic E-state index is 0.0500. The largest absolute Gasteiger partial charge is 0.480 e. The molecule has 1 aliphatic carbocycles. The number of aliphatic carboxylic acids is 1. The summed E-state index contributed by atoms with van der Waals surface area (Å²) in [7, 11) is 0. The fraction of sp³-hybridized carbons (Fsp3) is 0.462. The zero-order valence-corrected chi connectivity index (χ0v) is 10.4. The lowest BCUT2D eigenvalue weighted by Crippen LogP contribution is -2.30. The fourth-order valence-electron chi connectivity index (χ4n) is 1.86. The fourth-order valence-corrected chi connectivity index (χ4v) is 1.99. The molecule has 0 atom stereocenters. The molecule has 0 radical (unpaired) electrons. The highest BCUT2D eigenvalue weighted by atomic mass is 35.5. The highest BCUT2D eigenvalue weighted by Crippen LogP contribution is 2.33. The third kappa shape index (κ3) is 3.93. The Morgan fingerprint density at radius 2 is 2.00 bits per heavy atom. The van der Waals surface area contributed by atoms with E-state index in [1.807, 2.05) is 17.0 Å². The Morgan fingerprint density at radius 1 is 1.35 bits per heavy atom. The van der Waals surface area contributed by atoms with Gasteiger partial charge in [-0.3, -0.25) is 4.79 Å².